The minimum absolute atomic E-state index is 0.0393. The second-order valence-electron chi connectivity index (χ2n) is 11.7. The van der Waals surface area contributed by atoms with E-state index in [1.54, 1.807) is 136 Å². The van der Waals surface area contributed by atoms with Gasteiger partial charge < -0.3 is 72.5 Å². The summed E-state index contributed by atoms with van der Waals surface area (Å²) in [6.07, 6.45) is -7.03. The molecule has 0 fully saturated rings. The number of aliphatic hydroxyl groups excluding tert-OH is 9. The van der Waals surface area contributed by atoms with Crippen molar-refractivity contribution < 1.29 is 69.9 Å². The number of rotatable bonds is 19. The Morgan fingerprint density at radius 3 is 1.00 bits per heavy atom. The number of hydrogen-bond acceptors (Lipinski definition) is 14. The Hall–Kier alpha value is -0.390. The van der Waals surface area contributed by atoms with Gasteiger partial charge in [0, 0.05) is 33.3 Å². The normalized spacial score (nSPS) is 13.8. The van der Waals surface area contributed by atoms with Crippen LogP contribution in [0.15, 0.2) is 0 Å². The molecule has 20 nitrogen and oxygen atoms in total. The molecule has 0 aromatic heterocycles. The van der Waals surface area contributed by atoms with E-state index in [2.05, 4.69) is 26.6 Å². The topological polar surface area (TPSA) is 331 Å². The zero-order valence-electron chi connectivity index (χ0n) is 29.3. The minimum atomic E-state index is -1.70. The van der Waals surface area contributed by atoms with Gasteiger partial charge in [-0.05, 0) is 142 Å². The number of nitrogens with one attached hydrogen (secondary N) is 5. The molecule has 2 aromatic rings. The van der Waals surface area contributed by atoms with E-state index in [1.165, 1.54) is 6.92 Å². The predicted molar refractivity (Wildman–Crippen MR) is 254 cm³/mol. The Labute approximate surface area is 406 Å². The molecule has 0 heterocycles. The van der Waals surface area contributed by atoms with Crippen LogP contribution in [0.1, 0.15) is 48.4 Å². The third-order valence-electron chi connectivity index (χ3n) is 7.42. The molecule has 0 aliphatic rings. The Morgan fingerprint density at radius 1 is 0.491 bits per heavy atom. The van der Waals surface area contributed by atoms with Gasteiger partial charge in [-0.25, -0.2) is 4.79 Å². The largest absolute Gasteiger partial charge is 0.394 e. The molecule has 0 aliphatic heterocycles. The summed E-state index contributed by atoms with van der Waals surface area (Å²) in [5, 5.41) is 100. The number of anilines is 2. The maximum absolute atomic E-state index is 14.5. The van der Waals surface area contributed by atoms with E-state index in [9.17, 15) is 69.9 Å². The van der Waals surface area contributed by atoms with E-state index >= 15 is 0 Å². The van der Waals surface area contributed by atoms with Gasteiger partial charge in [0.25, 0.3) is 23.6 Å². The molecule has 2 rings (SSSR count). The molecule has 57 heavy (non-hydrogen) atoms. The summed E-state index contributed by atoms with van der Waals surface area (Å²) in [6, 6.07) is -1.09. The third-order valence-corrected chi connectivity index (χ3v) is 13.8. The standard InChI is InChI=1S/C31H38I6N6O14/c1-10(48)43(26-23(36)17(29(55)40-4-13(51)8-46)20(33)18(24(26)37)30(56)41-5-14(52)9-47)31(57)42-25-21(34)15(27(53)38-2-11(49)6-44)19(32)16(22(25)35)28(54)39-3-12(50)7-45/h10-14,44-52H,2-9H2,1H3,(H,38,53)(H,39,54)(H,40,55)(H,41,56)(H,42,57). The van der Waals surface area contributed by atoms with Crippen LogP contribution in [0.5, 0.6) is 0 Å². The SMILES string of the molecule is CC(O)N(C(=O)Nc1c(I)c(C(=O)NCC(O)CO)c(I)c(C(=O)NCC(O)CO)c1I)c1c(I)c(C(=O)NCC(O)CO)c(I)c(C(=O)NCC(O)CO)c1I. The molecule has 318 valence electrons. The smallest absolute Gasteiger partial charge is 0.328 e. The van der Waals surface area contributed by atoms with Crippen LogP contribution < -0.4 is 31.5 Å². The average Bonchev–Trinajstić information content (AvgIpc) is 3.16. The van der Waals surface area contributed by atoms with Crippen molar-refractivity contribution in [3.8, 4) is 0 Å². The van der Waals surface area contributed by atoms with Gasteiger partial charge >= 0.3 is 6.03 Å². The molecule has 5 atom stereocenters. The number of benzene rings is 2. The van der Waals surface area contributed by atoms with Crippen LogP contribution in [0.25, 0.3) is 0 Å². The van der Waals surface area contributed by atoms with Gasteiger partial charge in [-0.2, -0.15) is 0 Å². The van der Waals surface area contributed by atoms with Gasteiger partial charge in [-0.3, -0.25) is 24.1 Å². The fraction of sp³-hybridized carbons (Fsp3) is 0.452. The monoisotopic (exact) mass is 1480 g/mol. The number of nitrogens with zero attached hydrogens (tertiary/aromatic N) is 1. The molecular weight excluding hydrogens is 1440 g/mol. The fourth-order valence-corrected chi connectivity index (χ4v) is 13.6. The van der Waals surface area contributed by atoms with Crippen LogP contribution >= 0.6 is 136 Å². The second kappa shape index (κ2) is 24.9. The van der Waals surface area contributed by atoms with Gasteiger partial charge in [-0.1, -0.05) is 0 Å². The molecule has 6 amide bonds. The summed E-state index contributed by atoms with van der Waals surface area (Å²) in [6.45, 7) is -3.07. The zero-order valence-corrected chi connectivity index (χ0v) is 42.3. The third kappa shape index (κ3) is 13.8. The highest BCUT2D eigenvalue weighted by atomic mass is 127. The number of hydrogen-bond donors (Lipinski definition) is 14. The first-order valence-electron chi connectivity index (χ1n) is 16.2. The predicted octanol–water partition coefficient (Wildman–Crippen LogP) is -0.977. The highest BCUT2D eigenvalue weighted by Gasteiger charge is 2.36. The number of aliphatic hydroxyl groups is 9. The fourth-order valence-electron chi connectivity index (χ4n) is 4.51. The van der Waals surface area contributed by atoms with Crippen LogP contribution in [0.3, 0.4) is 0 Å². The van der Waals surface area contributed by atoms with Crippen molar-refractivity contribution >= 4 is 177 Å². The lowest BCUT2D eigenvalue weighted by Gasteiger charge is -2.31. The number of urea groups is 1. The summed E-state index contributed by atoms with van der Waals surface area (Å²) in [5.41, 5.74) is -0.897. The Kier molecular flexibility index (Phi) is 23.0. The first kappa shape index (κ1) is 52.7. The molecular formula is C31H38I6N6O14. The first-order chi connectivity index (χ1) is 26.7. The number of halogens is 6. The molecule has 0 radical (unpaired) electrons. The molecule has 0 aliphatic carbocycles. The van der Waals surface area contributed by atoms with Crippen LogP contribution in [-0.2, 0) is 0 Å². The quantitative estimate of drug-likeness (QED) is 0.0595. The van der Waals surface area contributed by atoms with Crippen molar-refractivity contribution in [1.29, 1.82) is 0 Å². The van der Waals surface area contributed by atoms with Crippen molar-refractivity contribution in [3.63, 3.8) is 0 Å². The number of amides is 6. The maximum Gasteiger partial charge on any atom is 0.328 e. The molecule has 26 heteroatoms. The molecule has 0 bridgehead atoms. The van der Waals surface area contributed by atoms with Gasteiger partial charge in [0.1, 0.15) is 6.23 Å². The molecule has 5 unspecified atom stereocenters. The van der Waals surface area contributed by atoms with Crippen molar-refractivity contribution in [2.45, 2.75) is 37.6 Å². The lowest BCUT2D eigenvalue weighted by molar-refractivity contribution is 0.0792. The van der Waals surface area contributed by atoms with Crippen LogP contribution in [0, 0.1) is 21.4 Å². The highest BCUT2D eigenvalue weighted by Crippen LogP contribution is 2.40. The van der Waals surface area contributed by atoms with Crippen molar-refractivity contribution in [3.05, 3.63) is 43.7 Å². The van der Waals surface area contributed by atoms with Crippen LogP contribution in [0.4, 0.5) is 16.2 Å². The van der Waals surface area contributed by atoms with E-state index in [4.69, 9.17) is 0 Å². The van der Waals surface area contributed by atoms with Gasteiger partial charge in [0.2, 0.25) is 0 Å². The van der Waals surface area contributed by atoms with E-state index in [-0.39, 0.29) is 68.1 Å². The Bertz CT molecular complexity index is 1720. The Morgan fingerprint density at radius 2 is 0.754 bits per heavy atom. The summed E-state index contributed by atoms with van der Waals surface area (Å²) < 4.78 is 0.397. The second-order valence-corrected chi connectivity index (χ2v) is 18.2. The lowest BCUT2D eigenvalue weighted by Crippen LogP contribution is -2.44. The molecule has 2 aromatic carbocycles. The van der Waals surface area contributed by atoms with E-state index in [0.29, 0.717) is 0 Å². The molecule has 0 saturated heterocycles. The summed E-state index contributed by atoms with van der Waals surface area (Å²) >= 11 is 10.5. The maximum atomic E-state index is 14.5. The van der Waals surface area contributed by atoms with Crippen LogP contribution in [-0.4, -0.2) is 159 Å². The summed E-state index contributed by atoms with van der Waals surface area (Å²) in [5.74, 6) is -3.30. The number of carbonyl (C=O) groups is 5. The minimum Gasteiger partial charge on any atom is -0.394 e. The summed E-state index contributed by atoms with van der Waals surface area (Å²) in [4.78, 5) is 69.6. The lowest BCUT2D eigenvalue weighted by atomic mass is 10.1. The zero-order chi connectivity index (χ0) is 43.5. The van der Waals surface area contributed by atoms with E-state index < -0.39 is 99.8 Å². The first-order valence-corrected chi connectivity index (χ1v) is 22.6. The van der Waals surface area contributed by atoms with Crippen molar-refractivity contribution in [2.75, 3.05) is 62.8 Å². The van der Waals surface area contributed by atoms with Crippen molar-refractivity contribution in [2.24, 2.45) is 0 Å². The highest BCUT2D eigenvalue weighted by molar-refractivity contribution is 14.1. The van der Waals surface area contributed by atoms with Gasteiger partial charge in [0.15, 0.2) is 0 Å². The van der Waals surface area contributed by atoms with Crippen LogP contribution in [0.2, 0.25) is 0 Å². The molecule has 0 saturated carbocycles. The summed E-state index contributed by atoms with van der Waals surface area (Å²) in [7, 11) is 0. The Balaban J connectivity index is 2.92. The van der Waals surface area contributed by atoms with Gasteiger partial charge in [0.05, 0.1) is 98.8 Å². The molecule has 0 spiro atoms. The van der Waals surface area contributed by atoms with Gasteiger partial charge in [-0.15, -0.1) is 0 Å². The number of carbonyl (C=O) groups excluding carboxylic acids is 5. The van der Waals surface area contributed by atoms with Crippen molar-refractivity contribution in [1.82, 2.24) is 21.3 Å². The average molecular weight is 1480 g/mol. The van der Waals surface area contributed by atoms with E-state index in [0.717, 1.165) is 4.90 Å². The molecule has 14 N–H and O–H groups in total. The van der Waals surface area contributed by atoms with E-state index in [1.807, 2.05) is 0 Å².